The van der Waals surface area contributed by atoms with Crippen LogP contribution < -0.4 is 14.8 Å². The average molecular weight is 443 g/mol. The van der Waals surface area contributed by atoms with Gasteiger partial charge in [-0.05, 0) is 71.4 Å². The molecule has 0 heterocycles. The van der Waals surface area contributed by atoms with Crippen LogP contribution >= 0.6 is 15.9 Å². The van der Waals surface area contributed by atoms with Gasteiger partial charge in [-0.1, -0.05) is 42.6 Å². The summed E-state index contributed by atoms with van der Waals surface area (Å²) in [5.74, 6) is 1.62. The van der Waals surface area contributed by atoms with E-state index in [-0.39, 0.29) is 6.10 Å². The Labute approximate surface area is 175 Å². The van der Waals surface area contributed by atoms with Gasteiger partial charge in [0.25, 0.3) is 0 Å². The van der Waals surface area contributed by atoms with Crippen molar-refractivity contribution < 1.29 is 9.47 Å². The summed E-state index contributed by atoms with van der Waals surface area (Å²) in [6.07, 6.45) is 6.41. The molecule has 0 saturated heterocycles. The molecule has 0 aliphatic rings. The zero-order valence-electron chi connectivity index (χ0n) is 17.9. The maximum Gasteiger partial charge on any atom is 0.166 e. The van der Waals surface area contributed by atoms with Gasteiger partial charge in [0.05, 0.1) is 13.2 Å². The summed E-state index contributed by atoms with van der Waals surface area (Å²) >= 11 is 3.57. The van der Waals surface area contributed by atoms with Crippen molar-refractivity contribution in [2.24, 2.45) is 0 Å². The maximum atomic E-state index is 6.01. The number of benzene rings is 1. The van der Waals surface area contributed by atoms with E-state index in [1.165, 1.54) is 51.7 Å². The highest BCUT2D eigenvalue weighted by Gasteiger charge is 2.14. The quantitative estimate of drug-likeness (QED) is 0.357. The first-order chi connectivity index (χ1) is 13.0. The minimum Gasteiger partial charge on any atom is -0.493 e. The van der Waals surface area contributed by atoms with Crippen LogP contribution in [0.25, 0.3) is 0 Å². The Balaban J connectivity index is 2.53. The summed E-state index contributed by atoms with van der Waals surface area (Å²) in [5, 5.41) is 3.58. The number of rotatable bonds is 15. The molecule has 1 aromatic rings. The fraction of sp³-hybridized carbons (Fsp3) is 0.727. The highest BCUT2D eigenvalue weighted by atomic mass is 79.9. The number of nitrogens with one attached hydrogen (secondary N) is 1. The van der Waals surface area contributed by atoms with Crippen LogP contribution in [0.3, 0.4) is 0 Å². The van der Waals surface area contributed by atoms with E-state index in [9.17, 15) is 0 Å². The zero-order chi connectivity index (χ0) is 20.1. The number of hydrogen-bond acceptors (Lipinski definition) is 4. The molecule has 1 N–H and O–H groups in total. The molecular weight excluding hydrogens is 404 g/mol. The first kappa shape index (κ1) is 24.3. The molecular formula is C22H39BrN2O2. The SMILES string of the molecule is CCCCN(CCCC)CCCNCc1cc(Br)cc(OC)c1OC(C)C. The summed E-state index contributed by atoms with van der Waals surface area (Å²) < 4.78 is 12.5. The Bertz CT molecular complexity index is 515. The van der Waals surface area contributed by atoms with Crippen molar-refractivity contribution >= 4 is 15.9 Å². The van der Waals surface area contributed by atoms with Gasteiger partial charge in [0, 0.05) is 16.6 Å². The van der Waals surface area contributed by atoms with Crippen molar-refractivity contribution in [2.45, 2.75) is 72.4 Å². The van der Waals surface area contributed by atoms with Crippen LogP contribution in [0.5, 0.6) is 11.5 Å². The largest absolute Gasteiger partial charge is 0.493 e. The van der Waals surface area contributed by atoms with Crippen LogP contribution in [0.4, 0.5) is 0 Å². The molecule has 0 aromatic heterocycles. The fourth-order valence-corrected chi connectivity index (χ4v) is 3.51. The molecule has 0 amide bonds. The number of hydrogen-bond donors (Lipinski definition) is 1. The van der Waals surface area contributed by atoms with E-state index in [0.717, 1.165) is 34.6 Å². The highest BCUT2D eigenvalue weighted by molar-refractivity contribution is 9.10. The van der Waals surface area contributed by atoms with E-state index in [2.05, 4.69) is 46.1 Å². The van der Waals surface area contributed by atoms with Crippen molar-refractivity contribution in [3.05, 3.63) is 22.2 Å². The van der Waals surface area contributed by atoms with Gasteiger partial charge in [0.2, 0.25) is 0 Å². The smallest absolute Gasteiger partial charge is 0.166 e. The number of methoxy groups -OCH3 is 1. The van der Waals surface area contributed by atoms with Gasteiger partial charge in [0.1, 0.15) is 0 Å². The number of halogens is 1. The van der Waals surface area contributed by atoms with E-state index < -0.39 is 0 Å². The van der Waals surface area contributed by atoms with Crippen LogP contribution in [0.1, 0.15) is 65.4 Å². The van der Waals surface area contributed by atoms with Crippen molar-refractivity contribution in [1.82, 2.24) is 10.2 Å². The van der Waals surface area contributed by atoms with E-state index in [0.29, 0.717) is 0 Å². The molecule has 0 aliphatic carbocycles. The lowest BCUT2D eigenvalue weighted by molar-refractivity contribution is 0.227. The van der Waals surface area contributed by atoms with Gasteiger partial charge < -0.3 is 19.7 Å². The molecule has 0 bridgehead atoms. The lowest BCUT2D eigenvalue weighted by atomic mass is 10.1. The molecule has 0 unspecified atom stereocenters. The molecule has 4 nitrogen and oxygen atoms in total. The number of nitrogens with zero attached hydrogens (tertiary/aromatic N) is 1. The Kier molecular flexibility index (Phi) is 12.8. The molecule has 5 heteroatoms. The van der Waals surface area contributed by atoms with Crippen LogP contribution in [-0.4, -0.2) is 44.3 Å². The van der Waals surface area contributed by atoms with Gasteiger partial charge >= 0.3 is 0 Å². The first-order valence-electron chi connectivity index (χ1n) is 10.5. The minimum atomic E-state index is 0.115. The fourth-order valence-electron chi connectivity index (χ4n) is 3.02. The second-order valence-corrected chi connectivity index (χ2v) is 8.26. The zero-order valence-corrected chi connectivity index (χ0v) is 19.5. The van der Waals surface area contributed by atoms with Gasteiger partial charge in [-0.2, -0.15) is 0 Å². The maximum absolute atomic E-state index is 6.01. The van der Waals surface area contributed by atoms with E-state index >= 15 is 0 Å². The van der Waals surface area contributed by atoms with Crippen molar-refractivity contribution in [3.8, 4) is 11.5 Å². The first-order valence-corrected chi connectivity index (χ1v) is 11.3. The molecule has 156 valence electrons. The second-order valence-electron chi connectivity index (χ2n) is 7.34. The standard InChI is InChI=1S/C22H39BrN2O2/c1-6-8-12-25(13-9-7-2)14-10-11-24-17-19-15-20(23)16-21(26-5)22(19)27-18(3)4/h15-16,18,24H,6-14,17H2,1-5H3. The van der Waals surface area contributed by atoms with Gasteiger partial charge in [0.15, 0.2) is 11.5 Å². The summed E-state index contributed by atoms with van der Waals surface area (Å²) in [5.41, 5.74) is 1.13. The van der Waals surface area contributed by atoms with E-state index in [1.807, 2.05) is 19.9 Å². The third kappa shape index (κ3) is 9.82. The van der Waals surface area contributed by atoms with Crippen LogP contribution in [-0.2, 0) is 6.54 Å². The molecule has 0 fully saturated rings. The topological polar surface area (TPSA) is 33.7 Å². The minimum absolute atomic E-state index is 0.115. The molecule has 0 atom stereocenters. The number of unbranched alkanes of at least 4 members (excludes halogenated alkanes) is 2. The van der Waals surface area contributed by atoms with Gasteiger partial charge in [-0.3, -0.25) is 0 Å². The summed E-state index contributed by atoms with van der Waals surface area (Å²) in [7, 11) is 1.69. The van der Waals surface area contributed by atoms with Gasteiger partial charge in [-0.25, -0.2) is 0 Å². The molecule has 1 aromatic carbocycles. The molecule has 27 heavy (non-hydrogen) atoms. The number of ether oxygens (including phenoxy) is 2. The molecule has 1 rings (SSSR count). The summed E-state index contributed by atoms with van der Waals surface area (Å²) in [6, 6.07) is 4.07. The van der Waals surface area contributed by atoms with Crippen molar-refractivity contribution in [3.63, 3.8) is 0 Å². The van der Waals surface area contributed by atoms with E-state index in [4.69, 9.17) is 9.47 Å². The second kappa shape index (κ2) is 14.3. The molecule has 0 aliphatic heterocycles. The Morgan fingerprint density at radius 3 is 2.22 bits per heavy atom. The lowest BCUT2D eigenvalue weighted by Gasteiger charge is -2.22. The lowest BCUT2D eigenvalue weighted by Crippen LogP contribution is -2.29. The normalized spacial score (nSPS) is 11.4. The highest BCUT2D eigenvalue weighted by Crippen LogP contribution is 2.35. The van der Waals surface area contributed by atoms with Crippen LogP contribution in [0.2, 0.25) is 0 Å². The third-order valence-electron chi connectivity index (χ3n) is 4.47. The Morgan fingerprint density at radius 2 is 1.67 bits per heavy atom. The predicted molar refractivity (Wildman–Crippen MR) is 119 cm³/mol. The van der Waals surface area contributed by atoms with Crippen LogP contribution in [0, 0.1) is 0 Å². The predicted octanol–water partition coefficient (Wildman–Crippen LogP) is 5.63. The monoisotopic (exact) mass is 442 g/mol. The van der Waals surface area contributed by atoms with Crippen molar-refractivity contribution in [2.75, 3.05) is 33.3 Å². The average Bonchev–Trinajstić information content (AvgIpc) is 2.64. The van der Waals surface area contributed by atoms with Crippen molar-refractivity contribution in [1.29, 1.82) is 0 Å². The third-order valence-corrected chi connectivity index (χ3v) is 4.93. The van der Waals surface area contributed by atoms with E-state index in [1.54, 1.807) is 7.11 Å². The molecule has 0 saturated carbocycles. The molecule has 0 radical (unpaired) electrons. The van der Waals surface area contributed by atoms with Crippen LogP contribution in [0.15, 0.2) is 16.6 Å². The summed E-state index contributed by atoms with van der Waals surface area (Å²) in [4.78, 5) is 2.62. The Hall–Kier alpha value is -0.780. The summed E-state index contributed by atoms with van der Waals surface area (Å²) in [6.45, 7) is 14.0. The van der Waals surface area contributed by atoms with Gasteiger partial charge in [-0.15, -0.1) is 0 Å². The Morgan fingerprint density at radius 1 is 1.04 bits per heavy atom. The molecule has 0 spiro atoms.